The van der Waals surface area contributed by atoms with E-state index in [4.69, 9.17) is 4.98 Å². The molecule has 3 heterocycles. The van der Waals surface area contributed by atoms with Crippen LogP contribution in [0.2, 0.25) is 0 Å². The zero-order valence-electron chi connectivity index (χ0n) is 19.8. The highest BCUT2D eigenvalue weighted by Gasteiger charge is 2.40. The summed E-state index contributed by atoms with van der Waals surface area (Å²) in [5, 5.41) is 7.63. The number of hydrogen-bond acceptors (Lipinski definition) is 8. The Morgan fingerprint density at radius 3 is 2.56 bits per heavy atom. The third-order valence-electron chi connectivity index (χ3n) is 7.24. The van der Waals surface area contributed by atoms with Gasteiger partial charge >= 0.3 is 0 Å². The highest BCUT2D eigenvalue weighted by atomic mass is 32.2. The summed E-state index contributed by atoms with van der Waals surface area (Å²) in [5.74, 6) is 1.18. The predicted molar refractivity (Wildman–Crippen MR) is 141 cm³/mol. The lowest BCUT2D eigenvalue weighted by Crippen LogP contribution is -2.45. The number of rotatable bonds is 8. The van der Waals surface area contributed by atoms with E-state index in [1.807, 2.05) is 41.7 Å². The fourth-order valence-electron chi connectivity index (χ4n) is 4.79. The van der Waals surface area contributed by atoms with Gasteiger partial charge < -0.3 is 15.5 Å². The summed E-state index contributed by atoms with van der Waals surface area (Å²) < 4.78 is 1.05. The van der Waals surface area contributed by atoms with Gasteiger partial charge in [-0.3, -0.25) is 4.79 Å². The first-order valence-corrected chi connectivity index (χ1v) is 14.1. The number of benzene rings is 1. The molecule has 1 aliphatic carbocycles. The van der Waals surface area contributed by atoms with Gasteiger partial charge in [0.1, 0.15) is 0 Å². The molecule has 2 aromatic heterocycles. The molecular weight excluding hydrogens is 464 g/mol. The van der Waals surface area contributed by atoms with E-state index in [1.165, 1.54) is 19.3 Å². The number of amides is 1. The van der Waals surface area contributed by atoms with E-state index >= 15 is 0 Å². The molecule has 2 aliphatic rings. The monoisotopic (exact) mass is 496 g/mol. The van der Waals surface area contributed by atoms with E-state index < -0.39 is 0 Å². The minimum absolute atomic E-state index is 0.159. The minimum Gasteiger partial charge on any atom is -0.361 e. The van der Waals surface area contributed by atoms with Crippen LogP contribution in [0.3, 0.4) is 0 Å². The lowest BCUT2D eigenvalue weighted by atomic mass is 9.63. The molecule has 5 rings (SSSR count). The Morgan fingerprint density at radius 2 is 1.88 bits per heavy atom. The SMILES string of the molecule is CSc1cnc(NC[C@H](C)CNc2nc3ccc(C(=O)N4CCC5(CCC5)CC4)cc3s2)nc1. The highest BCUT2D eigenvalue weighted by Crippen LogP contribution is 2.48. The van der Waals surface area contributed by atoms with Crippen molar-refractivity contribution in [1.29, 1.82) is 0 Å². The molecule has 9 heteroatoms. The first-order chi connectivity index (χ1) is 16.5. The first-order valence-electron chi connectivity index (χ1n) is 12.1. The van der Waals surface area contributed by atoms with Gasteiger partial charge in [0.05, 0.1) is 10.2 Å². The molecule has 2 N–H and O–H groups in total. The van der Waals surface area contributed by atoms with E-state index in [-0.39, 0.29) is 5.91 Å². The Kier molecular flexibility index (Phi) is 6.92. The van der Waals surface area contributed by atoms with Crippen molar-refractivity contribution in [2.75, 3.05) is 43.1 Å². The number of anilines is 2. The van der Waals surface area contributed by atoms with Crippen molar-refractivity contribution in [3.05, 3.63) is 36.2 Å². The van der Waals surface area contributed by atoms with Crippen molar-refractivity contribution in [2.24, 2.45) is 11.3 Å². The second-order valence-electron chi connectivity index (χ2n) is 9.66. The van der Waals surface area contributed by atoms with Crippen LogP contribution in [0.25, 0.3) is 10.2 Å². The smallest absolute Gasteiger partial charge is 0.253 e. The number of hydrogen-bond donors (Lipinski definition) is 2. The number of thiazole rings is 1. The number of thioether (sulfide) groups is 1. The number of aromatic nitrogens is 3. The Balaban J connectivity index is 1.14. The molecule has 0 radical (unpaired) electrons. The van der Waals surface area contributed by atoms with Crippen LogP contribution in [0.1, 0.15) is 49.4 Å². The molecule has 3 aromatic rings. The Hall–Kier alpha value is -2.39. The molecule has 0 unspecified atom stereocenters. The lowest BCUT2D eigenvalue weighted by Gasteiger charge is -2.48. The average Bonchev–Trinajstić information content (AvgIpc) is 3.27. The summed E-state index contributed by atoms with van der Waals surface area (Å²) in [4.78, 5) is 29.6. The third-order valence-corrected chi connectivity index (χ3v) is 8.89. The van der Waals surface area contributed by atoms with Gasteiger partial charge in [-0.25, -0.2) is 15.0 Å². The summed E-state index contributed by atoms with van der Waals surface area (Å²) in [6.45, 7) is 5.52. The van der Waals surface area contributed by atoms with E-state index in [0.29, 0.717) is 17.3 Å². The molecule has 34 heavy (non-hydrogen) atoms. The highest BCUT2D eigenvalue weighted by molar-refractivity contribution is 7.98. The van der Waals surface area contributed by atoms with Crippen molar-refractivity contribution in [1.82, 2.24) is 19.9 Å². The van der Waals surface area contributed by atoms with Crippen molar-refractivity contribution in [3.63, 3.8) is 0 Å². The number of piperidine rings is 1. The molecule has 1 saturated carbocycles. The predicted octanol–water partition coefficient (Wildman–Crippen LogP) is 5.37. The number of carbonyl (C=O) groups is 1. The number of nitrogens with zero attached hydrogens (tertiary/aromatic N) is 4. The molecular formula is C25H32N6OS2. The zero-order chi connectivity index (χ0) is 23.5. The van der Waals surface area contributed by atoms with Crippen LogP contribution in [-0.2, 0) is 0 Å². The number of carbonyl (C=O) groups excluding carboxylic acids is 1. The summed E-state index contributed by atoms with van der Waals surface area (Å²) in [7, 11) is 0. The van der Waals surface area contributed by atoms with Gasteiger partial charge in [-0.1, -0.05) is 24.7 Å². The molecule has 1 aromatic carbocycles. The molecule has 180 valence electrons. The van der Waals surface area contributed by atoms with Gasteiger partial charge in [-0.05, 0) is 61.5 Å². The second kappa shape index (κ2) is 10.1. The molecule has 1 aliphatic heterocycles. The van der Waals surface area contributed by atoms with Gasteiger partial charge in [0.2, 0.25) is 5.95 Å². The van der Waals surface area contributed by atoms with Crippen LogP contribution in [0.4, 0.5) is 11.1 Å². The fraction of sp³-hybridized carbons (Fsp3) is 0.520. The molecule has 1 saturated heterocycles. The van der Waals surface area contributed by atoms with Gasteiger partial charge in [0.15, 0.2) is 5.13 Å². The van der Waals surface area contributed by atoms with Crippen molar-refractivity contribution >= 4 is 50.3 Å². The van der Waals surface area contributed by atoms with Crippen LogP contribution in [-0.4, -0.2) is 58.2 Å². The molecule has 0 bridgehead atoms. The standard InChI is InChI=1S/C25H32N6OS2/c1-17(13-26-23-27-15-19(33-2)16-28-23)14-29-24-30-20-5-4-18(12-21(20)34-24)22(32)31-10-8-25(9-11-31)6-3-7-25/h4-5,12,15-17H,3,6-11,13-14H2,1-2H3,(H,29,30)(H,26,27,28)/t17-/m0/s1. The van der Waals surface area contributed by atoms with Crippen molar-refractivity contribution in [3.8, 4) is 0 Å². The maximum Gasteiger partial charge on any atom is 0.253 e. The fourth-order valence-corrected chi connectivity index (χ4v) is 6.02. The van der Waals surface area contributed by atoms with E-state index in [1.54, 1.807) is 23.1 Å². The Labute approximate surface area is 209 Å². The van der Waals surface area contributed by atoms with Crippen LogP contribution in [0.15, 0.2) is 35.5 Å². The Morgan fingerprint density at radius 1 is 1.15 bits per heavy atom. The van der Waals surface area contributed by atoms with E-state index in [9.17, 15) is 4.79 Å². The van der Waals surface area contributed by atoms with Gasteiger partial charge in [0, 0.05) is 49.0 Å². The normalized spacial score (nSPS) is 18.0. The van der Waals surface area contributed by atoms with Crippen LogP contribution < -0.4 is 10.6 Å². The van der Waals surface area contributed by atoms with Gasteiger partial charge in [-0.15, -0.1) is 11.8 Å². The Bertz CT molecular complexity index is 1130. The number of fused-ring (bicyclic) bond motifs is 1. The topological polar surface area (TPSA) is 83.0 Å². The zero-order valence-corrected chi connectivity index (χ0v) is 21.5. The summed E-state index contributed by atoms with van der Waals surface area (Å²) in [6.07, 6.45) is 12.1. The molecule has 7 nitrogen and oxygen atoms in total. The molecule has 1 atom stereocenters. The van der Waals surface area contributed by atoms with Gasteiger partial charge in [0.25, 0.3) is 5.91 Å². The first kappa shape index (κ1) is 23.4. The maximum absolute atomic E-state index is 13.1. The van der Waals surface area contributed by atoms with Crippen molar-refractivity contribution < 1.29 is 4.79 Å². The number of nitrogens with one attached hydrogen (secondary N) is 2. The minimum atomic E-state index is 0.159. The average molecular weight is 497 g/mol. The van der Waals surface area contributed by atoms with Crippen molar-refractivity contribution in [2.45, 2.75) is 43.9 Å². The van der Waals surface area contributed by atoms with E-state index in [0.717, 1.165) is 64.8 Å². The van der Waals surface area contributed by atoms with Crippen LogP contribution in [0.5, 0.6) is 0 Å². The van der Waals surface area contributed by atoms with E-state index in [2.05, 4.69) is 27.5 Å². The molecule has 1 amide bonds. The third kappa shape index (κ3) is 5.15. The lowest BCUT2D eigenvalue weighted by molar-refractivity contribution is 0.0286. The quantitative estimate of drug-likeness (QED) is 0.405. The van der Waals surface area contributed by atoms with Crippen LogP contribution >= 0.6 is 23.1 Å². The summed E-state index contributed by atoms with van der Waals surface area (Å²) in [6, 6.07) is 5.91. The molecule has 2 fully saturated rings. The summed E-state index contributed by atoms with van der Waals surface area (Å²) >= 11 is 3.24. The number of likely N-dealkylation sites (tertiary alicyclic amines) is 1. The largest absolute Gasteiger partial charge is 0.361 e. The second-order valence-corrected chi connectivity index (χ2v) is 11.6. The van der Waals surface area contributed by atoms with Crippen LogP contribution in [0, 0.1) is 11.3 Å². The van der Waals surface area contributed by atoms with Gasteiger partial charge in [-0.2, -0.15) is 0 Å². The molecule has 1 spiro atoms. The maximum atomic E-state index is 13.1. The summed E-state index contributed by atoms with van der Waals surface area (Å²) in [5.41, 5.74) is 2.26.